The van der Waals surface area contributed by atoms with E-state index in [1.54, 1.807) is 0 Å². The van der Waals surface area contributed by atoms with Gasteiger partial charge in [-0.3, -0.25) is 9.59 Å². The summed E-state index contributed by atoms with van der Waals surface area (Å²) in [6.07, 6.45) is 1.40. The molecule has 0 unspecified atom stereocenters. The van der Waals surface area contributed by atoms with Crippen molar-refractivity contribution in [1.29, 1.82) is 0 Å². The van der Waals surface area contributed by atoms with Gasteiger partial charge in [-0.2, -0.15) is 0 Å². The summed E-state index contributed by atoms with van der Waals surface area (Å²) >= 11 is 3.10. The van der Waals surface area contributed by atoms with E-state index < -0.39 is 0 Å². The summed E-state index contributed by atoms with van der Waals surface area (Å²) in [5, 5.41) is 5.22. The number of nitrogens with one attached hydrogen (secondary N) is 2. The fourth-order valence-electron chi connectivity index (χ4n) is 1.09. The Bertz CT molecular complexity index is 401. The van der Waals surface area contributed by atoms with Gasteiger partial charge in [0.15, 0.2) is 4.67 Å². The van der Waals surface area contributed by atoms with Crippen LogP contribution in [0.4, 0.5) is 0 Å². The molecule has 0 bridgehead atoms. The van der Waals surface area contributed by atoms with Gasteiger partial charge in [0.2, 0.25) is 5.91 Å². The van der Waals surface area contributed by atoms with Crippen molar-refractivity contribution in [2.75, 3.05) is 13.1 Å². The molecule has 0 spiro atoms. The first-order valence-electron chi connectivity index (χ1n) is 5.28. The van der Waals surface area contributed by atoms with E-state index in [1.165, 1.54) is 12.3 Å². The Hall–Kier alpha value is -1.30. The standard InChI is InChI=1S/C11H15BrN2O3/c1-7(2)5-13-9(15)6-14-11(16)8-3-4-17-10(8)12/h3-4,7H,5-6H2,1-2H3,(H,13,15)(H,14,16). The van der Waals surface area contributed by atoms with Gasteiger partial charge in [-0.05, 0) is 27.9 Å². The summed E-state index contributed by atoms with van der Waals surface area (Å²) < 4.78 is 5.29. The zero-order valence-electron chi connectivity index (χ0n) is 9.75. The Labute approximate surface area is 108 Å². The smallest absolute Gasteiger partial charge is 0.256 e. The number of furan rings is 1. The third kappa shape index (κ3) is 4.60. The fraction of sp³-hybridized carbons (Fsp3) is 0.455. The first kappa shape index (κ1) is 13.8. The van der Waals surface area contributed by atoms with Crippen LogP contribution in [0.3, 0.4) is 0 Å². The second-order valence-electron chi connectivity index (χ2n) is 3.99. The molecule has 0 aliphatic carbocycles. The topological polar surface area (TPSA) is 71.3 Å². The number of halogens is 1. The molecule has 0 aliphatic heterocycles. The number of carbonyl (C=O) groups excluding carboxylic acids is 2. The van der Waals surface area contributed by atoms with Gasteiger partial charge < -0.3 is 15.1 Å². The quantitative estimate of drug-likeness (QED) is 0.867. The van der Waals surface area contributed by atoms with Crippen LogP contribution in [0, 0.1) is 5.92 Å². The molecule has 17 heavy (non-hydrogen) atoms. The van der Waals surface area contributed by atoms with Crippen LogP contribution in [0.5, 0.6) is 0 Å². The third-order valence-corrected chi connectivity index (χ3v) is 2.59. The van der Waals surface area contributed by atoms with Gasteiger partial charge in [0.05, 0.1) is 18.4 Å². The van der Waals surface area contributed by atoms with E-state index in [0.717, 1.165) is 0 Å². The minimum Gasteiger partial charge on any atom is -0.457 e. The van der Waals surface area contributed by atoms with Gasteiger partial charge in [0, 0.05) is 6.54 Å². The Morgan fingerprint density at radius 3 is 2.65 bits per heavy atom. The van der Waals surface area contributed by atoms with Gasteiger partial charge in [-0.1, -0.05) is 13.8 Å². The highest BCUT2D eigenvalue weighted by atomic mass is 79.9. The number of rotatable bonds is 5. The maximum Gasteiger partial charge on any atom is 0.256 e. The maximum atomic E-state index is 11.6. The first-order chi connectivity index (χ1) is 8.00. The Balaban J connectivity index is 2.34. The molecule has 2 amide bonds. The second-order valence-corrected chi connectivity index (χ2v) is 4.71. The summed E-state index contributed by atoms with van der Waals surface area (Å²) in [4.78, 5) is 22.9. The van der Waals surface area contributed by atoms with E-state index in [0.29, 0.717) is 22.7 Å². The van der Waals surface area contributed by atoms with Crippen LogP contribution in [-0.4, -0.2) is 24.9 Å². The first-order valence-corrected chi connectivity index (χ1v) is 6.08. The van der Waals surface area contributed by atoms with Crippen LogP contribution in [0.15, 0.2) is 21.4 Å². The van der Waals surface area contributed by atoms with Gasteiger partial charge in [0.1, 0.15) is 0 Å². The highest BCUT2D eigenvalue weighted by Crippen LogP contribution is 2.16. The summed E-state index contributed by atoms with van der Waals surface area (Å²) in [5.74, 6) is -0.158. The van der Waals surface area contributed by atoms with Crippen molar-refractivity contribution in [3.8, 4) is 0 Å². The maximum absolute atomic E-state index is 11.6. The normalized spacial score (nSPS) is 10.4. The zero-order chi connectivity index (χ0) is 12.8. The molecule has 1 rings (SSSR count). The van der Waals surface area contributed by atoms with Crippen molar-refractivity contribution in [3.05, 3.63) is 22.6 Å². The molecule has 1 heterocycles. The van der Waals surface area contributed by atoms with Gasteiger partial charge >= 0.3 is 0 Å². The van der Waals surface area contributed by atoms with E-state index >= 15 is 0 Å². The Morgan fingerprint density at radius 1 is 1.41 bits per heavy atom. The zero-order valence-corrected chi connectivity index (χ0v) is 11.3. The van der Waals surface area contributed by atoms with Crippen LogP contribution in [0.1, 0.15) is 24.2 Å². The van der Waals surface area contributed by atoms with Crippen LogP contribution in [0.25, 0.3) is 0 Å². The van der Waals surface area contributed by atoms with Crippen molar-refractivity contribution < 1.29 is 14.0 Å². The second kappa shape index (κ2) is 6.44. The minimum absolute atomic E-state index is 0.0385. The van der Waals surface area contributed by atoms with E-state index in [9.17, 15) is 9.59 Å². The van der Waals surface area contributed by atoms with Gasteiger partial charge in [-0.15, -0.1) is 0 Å². The highest BCUT2D eigenvalue weighted by molar-refractivity contribution is 9.10. The van der Waals surface area contributed by atoms with E-state index in [1.807, 2.05) is 13.8 Å². The molecule has 6 heteroatoms. The van der Waals surface area contributed by atoms with Crippen molar-refractivity contribution in [3.63, 3.8) is 0 Å². The average Bonchev–Trinajstić information content (AvgIpc) is 2.69. The number of hydrogen-bond acceptors (Lipinski definition) is 3. The average molecular weight is 303 g/mol. The highest BCUT2D eigenvalue weighted by Gasteiger charge is 2.13. The molecule has 1 aromatic rings. The van der Waals surface area contributed by atoms with Crippen molar-refractivity contribution in [2.24, 2.45) is 5.92 Å². The molecule has 0 saturated carbocycles. The number of amides is 2. The summed E-state index contributed by atoms with van der Waals surface area (Å²) in [6, 6.07) is 1.53. The molecule has 0 radical (unpaired) electrons. The molecule has 0 aliphatic rings. The Kier molecular flexibility index (Phi) is 5.21. The molecular weight excluding hydrogens is 288 g/mol. The summed E-state index contributed by atoms with van der Waals surface area (Å²) in [6.45, 7) is 4.57. The predicted octanol–water partition coefficient (Wildman–Crippen LogP) is 1.54. The van der Waals surface area contributed by atoms with Crippen LogP contribution >= 0.6 is 15.9 Å². The summed E-state index contributed by atoms with van der Waals surface area (Å²) in [5.41, 5.74) is 0.377. The molecular formula is C11H15BrN2O3. The Morgan fingerprint density at radius 2 is 2.12 bits per heavy atom. The van der Waals surface area contributed by atoms with Gasteiger partial charge in [-0.25, -0.2) is 0 Å². The third-order valence-electron chi connectivity index (χ3n) is 1.98. The molecule has 0 aromatic carbocycles. The van der Waals surface area contributed by atoms with E-state index in [2.05, 4.69) is 26.6 Å². The lowest BCUT2D eigenvalue weighted by atomic mass is 10.2. The van der Waals surface area contributed by atoms with E-state index in [-0.39, 0.29) is 18.4 Å². The molecule has 5 nitrogen and oxygen atoms in total. The molecule has 1 aromatic heterocycles. The molecule has 94 valence electrons. The van der Waals surface area contributed by atoms with E-state index in [4.69, 9.17) is 4.42 Å². The number of hydrogen-bond donors (Lipinski definition) is 2. The summed E-state index contributed by atoms with van der Waals surface area (Å²) in [7, 11) is 0. The lowest BCUT2D eigenvalue weighted by Gasteiger charge is -2.08. The van der Waals surface area contributed by atoms with Crippen molar-refractivity contribution >= 4 is 27.7 Å². The molecule has 0 fully saturated rings. The molecule has 0 saturated heterocycles. The SMILES string of the molecule is CC(C)CNC(=O)CNC(=O)c1ccoc1Br. The lowest BCUT2D eigenvalue weighted by molar-refractivity contribution is -0.120. The minimum atomic E-state index is -0.342. The fourth-order valence-corrected chi connectivity index (χ4v) is 1.51. The predicted molar refractivity (Wildman–Crippen MR) is 66.6 cm³/mol. The number of carbonyl (C=O) groups is 2. The van der Waals surface area contributed by atoms with Crippen LogP contribution in [-0.2, 0) is 4.79 Å². The van der Waals surface area contributed by atoms with Crippen molar-refractivity contribution in [2.45, 2.75) is 13.8 Å². The van der Waals surface area contributed by atoms with Gasteiger partial charge in [0.25, 0.3) is 5.91 Å². The largest absolute Gasteiger partial charge is 0.457 e. The molecule has 0 atom stereocenters. The van der Waals surface area contributed by atoms with Crippen molar-refractivity contribution in [1.82, 2.24) is 10.6 Å². The lowest BCUT2D eigenvalue weighted by Crippen LogP contribution is -2.38. The van der Waals surface area contributed by atoms with Crippen LogP contribution in [0.2, 0.25) is 0 Å². The molecule has 2 N–H and O–H groups in total. The van der Waals surface area contributed by atoms with Crippen LogP contribution < -0.4 is 10.6 Å². The monoisotopic (exact) mass is 302 g/mol.